The Balaban J connectivity index is 0.00000312. The van der Waals surface area contributed by atoms with Crippen LogP contribution < -0.4 is 10.6 Å². The van der Waals surface area contributed by atoms with Crippen molar-refractivity contribution in [3.8, 4) is 0 Å². The Morgan fingerprint density at radius 3 is 2.60 bits per heavy atom. The molecule has 6 nitrogen and oxygen atoms in total. The van der Waals surface area contributed by atoms with Crippen molar-refractivity contribution in [3.05, 3.63) is 15.6 Å². The third-order valence-corrected chi connectivity index (χ3v) is 5.59. The highest BCUT2D eigenvalue weighted by atomic mass is 127. The fourth-order valence-corrected chi connectivity index (χ4v) is 3.74. The molecule has 1 aromatic rings. The molecular formula is C17H33IN6S. The Bertz CT molecular complexity index is 514. The van der Waals surface area contributed by atoms with E-state index in [9.17, 15) is 0 Å². The summed E-state index contributed by atoms with van der Waals surface area (Å²) in [6, 6.07) is 0. The summed E-state index contributed by atoms with van der Waals surface area (Å²) in [7, 11) is 4.03. The fraction of sp³-hybridized carbons (Fsp3) is 0.765. The summed E-state index contributed by atoms with van der Waals surface area (Å²) >= 11 is 1.79. The van der Waals surface area contributed by atoms with E-state index < -0.39 is 0 Å². The topological polar surface area (TPSA) is 55.8 Å². The van der Waals surface area contributed by atoms with E-state index in [1.807, 2.05) is 7.05 Å². The highest BCUT2D eigenvalue weighted by molar-refractivity contribution is 14.0. The number of hydrogen-bond acceptors (Lipinski definition) is 5. The van der Waals surface area contributed by atoms with E-state index in [0.29, 0.717) is 0 Å². The number of aliphatic imine (C=N–C) groups is 1. The Kier molecular flexibility index (Phi) is 10.9. The summed E-state index contributed by atoms with van der Waals surface area (Å²) in [5.41, 5.74) is 1.15. The molecule has 1 aliphatic heterocycles. The molecule has 1 fully saturated rings. The van der Waals surface area contributed by atoms with Gasteiger partial charge in [-0.25, -0.2) is 4.98 Å². The Hall–Kier alpha value is -0.450. The first kappa shape index (κ1) is 22.6. The molecule has 25 heavy (non-hydrogen) atoms. The summed E-state index contributed by atoms with van der Waals surface area (Å²) < 4.78 is 0. The summed E-state index contributed by atoms with van der Waals surface area (Å²) in [5.74, 6) is 0.881. The van der Waals surface area contributed by atoms with Gasteiger partial charge in [-0.1, -0.05) is 0 Å². The predicted molar refractivity (Wildman–Crippen MR) is 119 cm³/mol. The average molecular weight is 480 g/mol. The summed E-state index contributed by atoms with van der Waals surface area (Å²) in [6.07, 6.45) is 2.20. The van der Waals surface area contributed by atoms with Crippen LogP contribution in [0.5, 0.6) is 0 Å². The van der Waals surface area contributed by atoms with Gasteiger partial charge in [0.2, 0.25) is 0 Å². The highest BCUT2D eigenvalue weighted by Gasteiger charge is 2.11. The van der Waals surface area contributed by atoms with Crippen LogP contribution in [0.1, 0.15) is 22.0 Å². The molecule has 2 rings (SSSR count). The van der Waals surface area contributed by atoms with Crippen molar-refractivity contribution in [2.75, 3.05) is 59.9 Å². The van der Waals surface area contributed by atoms with Gasteiger partial charge in [0.05, 0.1) is 10.7 Å². The number of hydrogen-bond donors (Lipinski definition) is 2. The number of rotatable bonds is 6. The van der Waals surface area contributed by atoms with Gasteiger partial charge < -0.3 is 20.4 Å². The van der Waals surface area contributed by atoms with Gasteiger partial charge in [0.1, 0.15) is 0 Å². The highest BCUT2D eigenvalue weighted by Crippen LogP contribution is 2.16. The number of nitrogens with zero attached hydrogens (tertiary/aromatic N) is 4. The Labute approximate surface area is 173 Å². The zero-order valence-electron chi connectivity index (χ0n) is 16.0. The zero-order valence-corrected chi connectivity index (χ0v) is 19.1. The summed E-state index contributed by atoms with van der Waals surface area (Å²) in [5, 5.41) is 8.00. The van der Waals surface area contributed by atoms with E-state index >= 15 is 0 Å². The summed E-state index contributed by atoms with van der Waals surface area (Å²) in [6.45, 7) is 11.8. The largest absolute Gasteiger partial charge is 0.356 e. The number of guanidine groups is 1. The van der Waals surface area contributed by atoms with Gasteiger partial charge in [0.25, 0.3) is 0 Å². The maximum atomic E-state index is 4.58. The molecule has 1 saturated heterocycles. The van der Waals surface area contributed by atoms with Gasteiger partial charge in [-0.2, -0.15) is 0 Å². The van der Waals surface area contributed by atoms with Crippen LogP contribution in [0.3, 0.4) is 0 Å². The van der Waals surface area contributed by atoms with E-state index in [1.54, 1.807) is 11.3 Å². The molecule has 144 valence electrons. The van der Waals surface area contributed by atoms with E-state index in [-0.39, 0.29) is 24.0 Å². The van der Waals surface area contributed by atoms with Crippen molar-refractivity contribution < 1.29 is 0 Å². The first-order valence-corrected chi connectivity index (χ1v) is 9.68. The second kappa shape index (κ2) is 12.0. The smallest absolute Gasteiger partial charge is 0.191 e. The molecule has 0 saturated carbocycles. The van der Waals surface area contributed by atoms with Crippen molar-refractivity contribution in [3.63, 3.8) is 0 Å². The molecule has 2 N–H and O–H groups in total. The second-order valence-corrected chi connectivity index (χ2v) is 7.71. The minimum Gasteiger partial charge on any atom is -0.356 e. The molecule has 0 aliphatic carbocycles. The lowest BCUT2D eigenvalue weighted by molar-refractivity contribution is 0.280. The van der Waals surface area contributed by atoms with Crippen LogP contribution >= 0.6 is 35.3 Å². The molecule has 1 aliphatic rings. The second-order valence-electron chi connectivity index (χ2n) is 6.42. The normalized spacial score (nSPS) is 17.0. The van der Waals surface area contributed by atoms with Gasteiger partial charge >= 0.3 is 0 Å². The van der Waals surface area contributed by atoms with Gasteiger partial charge in [-0.15, -0.1) is 35.3 Å². The lowest BCUT2D eigenvalue weighted by Gasteiger charge is -2.21. The van der Waals surface area contributed by atoms with Crippen molar-refractivity contribution in [1.29, 1.82) is 0 Å². The fourth-order valence-electron chi connectivity index (χ4n) is 2.81. The number of halogens is 1. The molecule has 0 bridgehead atoms. The number of thiazole rings is 1. The first-order valence-electron chi connectivity index (χ1n) is 8.87. The van der Waals surface area contributed by atoms with Crippen LogP contribution in [0.2, 0.25) is 0 Å². The number of likely N-dealkylation sites (N-methyl/N-ethyl adjacent to an activating group) is 1. The summed E-state index contributed by atoms with van der Waals surface area (Å²) in [4.78, 5) is 15.1. The third kappa shape index (κ3) is 8.19. The Morgan fingerprint density at radius 2 is 1.92 bits per heavy atom. The molecular weight excluding hydrogens is 447 g/mol. The molecule has 0 atom stereocenters. The van der Waals surface area contributed by atoms with Gasteiger partial charge in [0, 0.05) is 51.1 Å². The predicted octanol–water partition coefficient (Wildman–Crippen LogP) is 1.72. The van der Waals surface area contributed by atoms with Gasteiger partial charge in [0.15, 0.2) is 5.96 Å². The van der Waals surface area contributed by atoms with Crippen molar-refractivity contribution in [2.45, 2.75) is 26.7 Å². The minimum absolute atomic E-state index is 0. The van der Waals surface area contributed by atoms with Crippen LogP contribution in [0.15, 0.2) is 4.99 Å². The van der Waals surface area contributed by atoms with Crippen LogP contribution in [-0.4, -0.2) is 80.7 Å². The first-order chi connectivity index (χ1) is 11.6. The van der Waals surface area contributed by atoms with Gasteiger partial charge in [-0.3, -0.25) is 4.99 Å². The van der Waals surface area contributed by atoms with E-state index in [2.05, 4.69) is 51.3 Å². The van der Waals surface area contributed by atoms with Crippen LogP contribution in [0, 0.1) is 13.8 Å². The average Bonchev–Trinajstić information content (AvgIpc) is 2.75. The molecule has 0 unspecified atom stereocenters. The third-order valence-electron chi connectivity index (χ3n) is 4.46. The van der Waals surface area contributed by atoms with Crippen molar-refractivity contribution in [1.82, 2.24) is 25.4 Å². The van der Waals surface area contributed by atoms with Crippen LogP contribution in [-0.2, 0) is 6.42 Å². The molecule has 0 spiro atoms. The van der Waals surface area contributed by atoms with Crippen LogP contribution in [0.4, 0.5) is 0 Å². The molecule has 1 aromatic heterocycles. The van der Waals surface area contributed by atoms with Crippen molar-refractivity contribution >= 4 is 41.3 Å². The SMILES string of the molecule is CN=C(NCCc1nc(C)c(C)s1)NCCN1CCCN(C)CC1.I. The monoisotopic (exact) mass is 480 g/mol. The van der Waals surface area contributed by atoms with Crippen LogP contribution in [0.25, 0.3) is 0 Å². The maximum Gasteiger partial charge on any atom is 0.191 e. The molecule has 0 radical (unpaired) electrons. The molecule has 8 heteroatoms. The van der Waals surface area contributed by atoms with Gasteiger partial charge in [-0.05, 0) is 40.4 Å². The number of nitrogens with one attached hydrogen (secondary N) is 2. The van der Waals surface area contributed by atoms with E-state index in [1.165, 1.54) is 35.9 Å². The number of aryl methyl sites for hydroxylation is 2. The molecule has 2 heterocycles. The molecule has 0 aromatic carbocycles. The quantitative estimate of drug-likeness (QED) is 0.369. The lowest BCUT2D eigenvalue weighted by Crippen LogP contribution is -2.42. The maximum absolute atomic E-state index is 4.58. The standard InChI is InChI=1S/C17H32N6S.HI/c1-14-15(2)24-16(21-14)6-7-19-17(18-3)20-8-11-23-10-5-9-22(4)12-13-23;/h5-13H2,1-4H3,(H2,18,19,20);1H. The molecule has 0 amide bonds. The minimum atomic E-state index is 0. The zero-order chi connectivity index (χ0) is 17.4. The Morgan fingerprint density at radius 1 is 1.16 bits per heavy atom. The van der Waals surface area contributed by atoms with E-state index in [0.717, 1.165) is 44.3 Å². The lowest BCUT2D eigenvalue weighted by atomic mass is 10.4. The van der Waals surface area contributed by atoms with Crippen molar-refractivity contribution in [2.24, 2.45) is 4.99 Å². The van der Waals surface area contributed by atoms with E-state index in [4.69, 9.17) is 0 Å². The number of aromatic nitrogens is 1.